The molecule has 0 aromatic carbocycles. The fraction of sp³-hybridized carbons (Fsp3) is 0.750. The van der Waals surface area contributed by atoms with Gasteiger partial charge in [-0.3, -0.25) is 10.1 Å². The van der Waals surface area contributed by atoms with Crippen molar-refractivity contribution >= 4 is 18.5 Å². The highest BCUT2D eigenvalue weighted by atomic mass is 19.3. The van der Waals surface area contributed by atoms with Crippen LogP contribution in [0.3, 0.4) is 0 Å². The molecule has 0 radical (unpaired) electrons. The first-order chi connectivity index (χ1) is 14.4. The van der Waals surface area contributed by atoms with Crippen LogP contribution in [0.15, 0.2) is 17.3 Å². The van der Waals surface area contributed by atoms with Crippen molar-refractivity contribution in [2.45, 2.75) is 97.0 Å². The van der Waals surface area contributed by atoms with Gasteiger partial charge in [-0.2, -0.15) is 4.90 Å². The fourth-order valence-corrected chi connectivity index (χ4v) is 2.24. The molecule has 0 bridgehead atoms. The number of halogens is 2. The topological polar surface area (TPSA) is 132 Å². The molecule has 0 spiro atoms. The van der Waals surface area contributed by atoms with Gasteiger partial charge >= 0.3 is 12.2 Å². The van der Waals surface area contributed by atoms with Gasteiger partial charge in [0, 0.05) is 24.0 Å². The largest absolute Gasteiger partial charge is 0.443 e. The Kier molecular flexibility index (Phi) is 10.9. The van der Waals surface area contributed by atoms with Crippen molar-refractivity contribution in [1.29, 1.82) is 0 Å². The number of hydrogen-bond donors (Lipinski definition) is 1. The van der Waals surface area contributed by atoms with E-state index in [1.807, 2.05) is 0 Å². The Morgan fingerprint density at radius 1 is 1.12 bits per heavy atom. The average molecular weight is 465 g/mol. The second kappa shape index (κ2) is 11.8. The first-order valence-corrected chi connectivity index (χ1v) is 10.0. The number of hydrogen-bond acceptors (Lipinski definition) is 8. The Hall–Kier alpha value is -2.63. The lowest BCUT2D eigenvalue weighted by Crippen LogP contribution is -2.46. The molecule has 0 aromatic heterocycles. The number of nitro groups is 1. The zero-order valence-electron chi connectivity index (χ0n) is 19.5. The SMILES string of the molecule is CCCC(C(O)C(F)(F)CC=CN=CN(C(=O)OC(C)(C)C)C(=O)OC(C)(C)C)[N+](=O)[O-]. The first-order valence-electron chi connectivity index (χ1n) is 10.0. The molecule has 0 fully saturated rings. The highest BCUT2D eigenvalue weighted by molar-refractivity contribution is 6.00. The maximum Gasteiger partial charge on any atom is 0.425 e. The molecule has 2 amide bonds. The summed E-state index contributed by atoms with van der Waals surface area (Å²) in [4.78, 5) is 38.6. The van der Waals surface area contributed by atoms with E-state index in [1.54, 1.807) is 48.5 Å². The van der Waals surface area contributed by atoms with Gasteiger partial charge in [0.15, 0.2) is 6.10 Å². The molecule has 0 aliphatic carbocycles. The van der Waals surface area contributed by atoms with Crippen molar-refractivity contribution in [3.63, 3.8) is 0 Å². The first kappa shape index (κ1) is 29.4. The van der Waals surface area contributed by atoms with Crippen molar-refractivity contribution in [2.24, 2.45) is 4.99 Å². The fourth-order valence-electron chi connectivity index (χ4n) is 2.24. The molecule has 184 valence electrons. The third-order valence-corrected chi connectivity index (χ3v) is 3.60. The molecule has 0 saturated carbocycles. The van der Waals surface area contributed by atoms with Gasteiger partial charge in [0.2, 0.25) is 6.04 Å². The Balaban J connectivity index is 5.36. The summed E-state index contributed by atoms with van der Waals surface area (Å²) < 4.78 is 38.5. The van der Waals surface area contributed by atoms with Gasteiger partial charge in [0.05, 0.1) is 0 Å². The van der Waals surface area contributed by atoms with E-state index in [9.17, 15) is 33.6 Å². The Morgan fingerprint density at radius 3 is 1.97 bits per heavy atom. The van der Waals surface area contributed by atoms with Crippen LogP contribution in [0.5, 0.6) is 0 Å². The summed E-state index contributed by atoms with van der Waals surface area (Å²) in [5.41, 5.74) is -1.85. The lowest BCUT2D eigenvalue weighted by atomic mass is 9.98. The standard InChI is InChI=1S/C20H33F2N3O7/c1-8-10-14(25(29)30)15(26)20(21,22)11-9-12-23-13-24(16(27)31-18(2,3)4)17(28)32-19(5,6)7/h9,12-15,26H,8,10-11H2,1-7H3. The van der Waals surface area contributed by atoms with E-state index in [0.29, 0.717) is 4.90 Å². The van der Waals surface area contributed by atoms with E-state index in [-0.39, 0.29) is 12.8 Å². The Labute approximate surface area is 186 Å². The molecule has 10 nitrogen and oxygen atoms in total. The molecular weight excluding hydrogens is 432 g/mol. The normalized spacial score (nSPS) is 14.9. The van der Waals surface area contributed by atoms with Crippen LogP contribution in [0, 0.1) is 10.1 Å². The van der Waals surface area contributed by atoms with Crippen LogP contribution in [0.2, 0.25) is 0 Å². The minimum absolute atomic E-state index is 0.202. The second-order valence-corrected chi connectivity index (χ2v) is 9.03. The lowest BCUT2D eigenvalue weighted by Gasteiger charge is -2.26. The number of allylic oxidation sites excluding steroid dienone is 1. The number of carbonyl (C=O) groups is 2. The number of rotatable bonds is 9. The van der Waals surface area contributed by atoms with Crippen molar-refractivity contribution in [3.05, 3.63) is 22.4 Å². The van der Waals surface area contributed by atoms with Gasteiger partial charge in [-0.15, -0.1) is 0 Å². The number of carbonyl (C=O) groups excluding carboxylic acids is 2. The van der Waals surface area contributed by atoms with Crippen molar-refractivity contribution < 1.29 is 37.9 Å². The highest BCUT2D eigenvalue weighted by Gasteiger charge is 2.47. The van der Waals surface area contributed by atoms with E-state index in [0.717, 1.165) is 18.6 Å². The minimum Gasteiger partial charge on any atom is -0.443 e. The number of aliphatic hydroxyl groups excluding tert-OH is 1. The van der Waals surface area contributed by atoms with Gasteiger partial charge < -0.3 is 14.6 Å². The summed E-state index contributed by atoms with van der Waals surface area (Å²) in [6, 6.07) is -1.80. The molecule has 0 aliphatic rings. The zero-order chi connectivity index (χ0) is 25.3. The molecular formula is C20H33F2N3O7. The zero-order valence-corrected chi connectivity index (χ0v) is 19.5. The molecule has 2 atom stereocenters. The van der Waals surface area contributed by atoms with Crippen LogP contribution in [0.25, 0.3) is 0 Å². The average Bonchev–Trinajstić information content (AvgIpc) is 2.58. The van der Waals surface area contributed by atoms with E-state index in [2.05, 4.69) is 4.99 Å². The van der Waals surface area contributed by atoms with Crippen LogP contribution in [0.1, 0.15) is 67.7 Å². The number of aliphatic imine (C=N–C) groups is 1. The number of imide groups is 1. The van der Waals surface area contributed by atoms with Crippen LogP contribution < -0.4 is 0 Å². The second-order valence-electron chi connectivity index (χ2n) is 9.03. The maximum atomic E-state index is 14.1. The molecule has 0 saturated heterocycles. The molecule has 0 aromatic rings. The van der Waals surface area contributed by atoms with Crippen LogP contribution in [-0.2, 0) is 9.47 Å². The minimum atomic E-state index is -3.78. The maximum absolute atomic E-state index is 14.1. The predicted octanol–water partition coefficient (Wildman–Crippen LogP) is 4.53. The number of aliphatic hydroxyl groups is 1. The van der Waals surface area contributed by atoms with Crippen LogP contribution in [0.4, 0.5) is 18.4 Å². The van der Waals surface area contributed by atoms with E-state index >= 15 is 0 Å². The molecule has 12 heteroatoms. The number of nitrogens with zero attached hydrogens (tertiary/aromatic N) is 3. The van der Waals surface area contributed by atoms with Gasteiger partial charge in [-0.05, 0) is 48.0 Å². The summed E-state index contributed by atoms with van der Waals surface area (Å²) >= 11 is 0. The van der Waals surface area contributed by atoms with E-state index in [1.165, 1.54) is 0 Å². The predicted molar refractivity (Wildman–Crippen MR) is 113 cm³/mol. The smallest absolute Gasteiger partial charge is 0.425 e. The van der Waals surface area contributed by atoms with Crippen molar-refractivity contribution in [1.82, 2.24) is 4.90 Å². The van der Waals surface area contributed by atoms with Gasteiger partial charge in [-0.25, -0.2) is 23.4 Å². The highest BCUT2D eigenvalue weighted by Crippen LogP contribution is 2.28. The van der Waals surface area contributed by atoms with Crippen molar-refractivity contribution in [2.75, 3.05) is 0 Å². The van der Waals surface area contributed by atoms with Crippen LogP contribution >= 0.6 is 0 Å². The number of ether oxygens (including phenoxy) is 2. The third-order valence-electron chi connectivity index (χ3n) is 3.60. The molecule has 2 unspecified atom stereocenters. The summed E-state index contributed by atoms with van der Waals surface area (Å²) in [5.74, 6) is -3.78. The monoisotopic (exact) mass is 465 g/mol. The molecule has 0 aliphatic heterocycles. The molecule has 0 heterocycles. The van der Waals surface area contributed by atoms with Crippen molar-refractivity contribution in [3.8, 4) is 0 Å². The quantitative estimate of drug-likeness (QED) is 0.229. The van der Waals surface area contributed by atoms with E-state index in [4.69, 9.17) is 9.47 Å². The Morgan fingerprint density at radius 2 is 1.59 bits per heavy atom. The molecule has 0 rings (SSSR count). The summed E-state index contributed by atoms with van der Waals surface area (Å²) in [6.45, 7) is 11.1. The molecule has 32 heavy (non-hydrogen) atoms. The van der Waals surface area contributed by atoms with Crippen LogP contribution in [-0.4, -0.2) is 62.7 Å². The van der Waals surface area contributed by atoms with E-state index < -0.39 is 52.8 Å². The summed E-state index contributed by atoms with van der Waals surface area (Å²) in [7, 11) is 0. The molecule has 1 N–H and O–H groups in total. The number of alkyl halides is 2. The number of amides is 2. The lowest BCUT2D eigenvalue weighted by molar-refractivity contribution is -0.541. The van der Waals surface area contributed by atoms with Gasteiger partial charge in [0.25, 0.3) is 5.92 Å². The summed E-state index contributed by atoms with van der Waals surface area (Å²) in [5, 5.41) is 20.7. The Bertz CT molecular complexity index is 685. The summed E-state index contributed by atoms with van der Waals surface area (Å²) in [6.07, 6.45) is -3.19. The van der Waals surface area contributed by atoms with Gasteiger partial charge in [0.1, 0.15) is 17.5 Å². The van der Waals surface area contributed by atoms with Gasteiger partial charge in [-0.1, -0.05) is 13.0 Å². The third kappa shape index (κ3) is 11.1.